The molecule has 1 heterocycles. The van der Waals surface area contributed by atoms with Crippen molar-refractivity contribution in [3.63, 3.8) is 0 Å². The van der Waals surface area contributed by atoms with Crippen LogP contribution in [0.15, 0.2) is 0 Å². The van der Waals surface area contributed by atoms with Gasteiger partial charge in [0.2, 0.25) is 6.41 Å². The minimum Gasteiger partial charge on any atom is -0.323 e. The largest absolute Gasteiger partial charge is 0.323 e. The number of carbonyl (C=O) groups is 2. The minimum atomic E-state index is -0.188. The van der Waals surface area contributed by atoms with Gasteiger partial charge in [-0.1, -0.05) is 13.8 Å². The predicted molar refractivity (Wildman–Crippen MR) is 82.3 cm³/mol. The summed E-state index contributed by atoms with van der Waals surface area (Å²) in [7, 11) is 1.95. The summed E-state index contributed by atoms with van der Waals surface area (Å²) in [5.74, 6) is 1.12. The monoisotopic (exact) mass is 288 g/mol. The highest BCUT2D eigenvalue weighted by Crippen LogP contribution is 2.31. The standard InChI is InChI=1S/C12H22N2O2S.C2H6/c1-9(13-3)6-7-17-12-5-4-11(10(2)16)14(12)8-15;1-2/h8-9,11-13H,4-7H2,1-3H3;1-2H3. The molecule has 112 valence electrons. The Morgan fingerprint density at radius 3 is 2.58 bits per heavy atom. The maximum atomic E-state index is 11.4. The fourth-order valence-corrected chi connectivity index (χ4v) is 3.48. The Labute approximate surface area is 121 Å². The first-order chi connectivity index (χ1) is 9.10. The molecule has 0 aromatic carbocycles. The molecule has 0 aromatic rings. The van der Waals surface area contributed by atoms with Crippen molar-refractivity contribution in [1.82, 2.24) is 10.2 Å². The number of rotatable bonds is 7. The van der Waals surface area contributed by atoms with Gasteiger partial charge in [-0.3, -0.25) is 9.59 Å². The second-order valence-electron chi connectivity index (χ2n) is 4.56. The summed E-state index contributed by atoms with van der Waals surface area (Å²) in [6, 6.07) is 0.309. The Hall–Kier alpha value is -0.550. The lowest BCUT2D eigenvalue weighted by molar-refractivity contribution is -0.128. The normalized spacial score (nSPS) is 23.5. The van der Waals surface area contributed by atoms with Crippen LogP contribution in [0.4, 0.5) is 0 Å². The van der Waals surface area contributed by atoms with Gasteiger partial charge in [0.15, 0.2) is 5.78 Å². The summed E-state index contributed by atoms with van der Waals surface area (Å²) >= 11 is 1.78. The lowest BCUT2D eigenvalue weighted by atomic mass is 10.1. The van der Waals surface area contributed by atoms with Gasteiger partial charge >= 0.3 is 0 Å². The van der Waals surface area contributed by atoms with Crippen molar-refractivity contribution in [3.05, 3.63) is 0 Å². The van der Waals surface area contributed by atoms with Gasteiger partial charge < -0.3 is 10.2 Å². The number of thioether (sulfide) groups is 1. The molecule has 1 fully saturated rings. The van der Waals surface area contributed by atoms with E-state index in [1.165, 1.54) is 0 Å². The third-order valence-electron chi connectivity index (χ3n) is 3.32. The van der Waals surface area contributed by atoms with Gasteiger partial charge in [0.25, 0.3) is 0 Å². The molecule has 0 aliphatic carbocycles. The Balaban J connectivity index is 0.00000154. The van der Waals surface area contributed by atoms with Gasteiger partial charge in [-0.05, 0) is 45.9 Å². The number of ketones is 1. The van der Waals surface area contributed by atoms with Crippen LogP contribution in [-0.4, -0.2) is 47.4 Å². The van der Waals surface area contributed by atoms with Crippen LogP contribution in [0.5, 0.6) is 0 Å². The van der Waals surface area contributed by atoms with Gasteiger partial charge in [-0.15, -0.1) is 11.8 Å². The topological polar surface area (TPSA) is 49.4 Å². The van der Waals surface area contributed by atoms with Crippen molar-refractivity contribution in [1.29, 1.82) is 0 Å². The highest BCUT2D eigenvalue weighted by atomic mass is 32.2. The molecule has 5 heteroatoms. The number of nitrogens with zero attached hydrogens (tertiary/aromatic N) is 1. The molecule has 0 bridgehead atoms. The van der Waals surface area contributed by atoms with Crippen LogP contribution in [0.3, 0.4) is 0 Å². The molecule has 1 aliphatic heterocycles. The van der Waals surface area contributed by atoms with Gasteiger partial charge in [0.05, 0.1) is 11.4 Å². The minimum absolute atomic E-state index is 0.101. The molecule has 0 spiro atoms. The number of hydrogen-bond acceptors (Lipinski definition) is 4. The third-order valence-corrected chi connectivity index (χ3v) is 4.66. The molecule has 0 saturated carbocycles. The SMILES string of the molecule is CC.CNC(C)CCSC1CCC(C(C)=O)N1C=O. The molecule has 1 saturated heterocycles. The van der Waals surface area contributed by atoms with E-state index in [0.717, 1.165) is 31.4 Å². The van der Waals surface area contributed by atoms with Crippen LogP contribution in [0, 0.1) is 0 Å². The van der Waals surface area contributed by atoms with E-state index in [1.54, 1.807) is 23.6 Å². The van der Waals surface area contributed by atoms with Crippen LogP contribution < -0.4 is 5.32 Å². The summed E-state index contributed by atoms with van der Waals surface area (Å²) in [5.41, 5.74) is 0. The fraction of sp³-hybridized carbons (Fsp3) is 0.857. The van der Waals surface area contributed by atoms with E-state index in [2.05, 4.69) is 12.2 Å². The van der Waals surface area contributed by atoms with Crippen LogP contribution in [0.1, 0.15) is 47.0 Å². The van der Waals surface area contributed by atoms with E-state index in [1.807, 2.05) is 20.9 Å². The number of carbonyl (C=O) groups excluding carboxylic acids is 2. The zero-order valence-corrected chi connectivity index (χ0v) is 13.6. The molecule has 19 heavy (non-hydrogen) atoms. The molecule has 1 N–H and O–H groups in total. The van der Waals surface area contributed by atoms with Crippen molar-refractivity contribution in [2.75, 3.05) is 12.8 Å². The molecule has 3 atom stereocenters. The Morgan fingerprint density at radius 1 is 1.47 bits per heavy atom. The second kappa shape index (κ2) is 10.3. The average Bonchev–Trinajstić information content (AvgIpc) is 2.84. The van der Waals surface area contributed by atoms with Crippen LogP contribution in [-0.2, 0) is 9.59 Å². The number of Topliss-reactive ketones (excluding diaryl/α,β-unsaturated/α-hetero) is 1. The maximum absolute atomic E-state index is 11.4. The molecule has 0 aromatic heterocycles. The maximum Gasteiger partial charge on any atom is 0.211 e. The third kappa shape index (κ3) is 5.95. The Kier molecular flexibility index (Phi) is 9.97. The van der Waals surface area contributed by atoms with Crippen molar-refractivity contribution < 1.29 is 9.59 Å². The van der Waals surface area contributed by atoms with Crippen LogP contribution >= 0.6 is 11.8 Å². The molecule has 4 nitrogen and oxygen atoms in total. The Bertz CT molecular complexity index is 274. The van der Waals surface area contributed by atoms with Gasteiger partial charge in [-0.2, -0.15) is 0 Å². The molecule has 1 aliphatic rings. The van der Waals surface area contributed by atoms with Crippen molar-refractivity contribution in [2.24, 2.45) is 0 Å². The molecule has 0 radical (unpaired) electrons. The summed E-state index contributed by atoms with van der Waals surface area (Å²) in [4.78, 5) is 24.1. The number of nitrogens with one attached hydrogen (secondary N) is 1. The Morgan fingerprint density at radius 2 is 2.11 bits per heavy atom. The molecular formula is C14H28N2O2S. The first-order valence-corrected chi connectivity index (χ1v) is 8.17. The molecule has 3 unspecified atom stereocenters. The van der Waals surface area contributed by atoms with Crippen molar-refractivity contribution in [2.45, 2.75) is 64.4 Å². The van der Waals surface area contributed by atoms with Crippen molar-refractivity contribution in [3.8, 4) is 0 Å². The highest BCUT2D eigenvalue weighted by molar-refractivity contribution is 7.99. The summed E-state index contributed by atoms with van der Waals surface area (Å²) in [5, 5.41) is 3.38. The smallest absolute Gasteiger partial charge is 0.211 e. The van der Waals surface area contributed by atoms with Gasteiger partial charge in [0.1, 0.15) is 0 Å². The first-order valence-electron chi connectivity index (χ1n) is 7.12. The molecular weight excluding hydrogens is 260 g/mol. The van der Waals surface area contributed by atoms with E-state index < -0.39 is 0 Å². The average molecular weight is 288 g/mol. The van der Waals surface area contributed by atoms with E-state index in [-0.39, 0.29) is 17.2 Å². The first kappa shape index (κ1) is 18.4. The number of likely N-dealkylation sites (tertiary alicyclic amines) is 1. The van der Waals surface area contributed by atoms with E-state index in [9.17, 15) is 9.59 Å². The summed E-state index contributed by atoms with van der Waals surface area (Å²) < 4.78 is 0. The summed E-state index contributed by atoms with van der Waals surface area (Å²) in [6.45, 7) is 7.71. The predicted octanol–water partition coefficient (Wildman–Crippen LogP) is 2.28. The quantitative estimate of drug-likeness (QED) is 0.730. The van der Waals surface area contributed by atoms with Gasteiger partial charge in [-0.25, -0.2) is 0 Å². The van der Waals surface area contributed by atoms with E-state index in [0.29, 0.717) is 6.04 Å². The molecule has 1 amide bonds. The van der Waals surface area contributed by atoms with Gasteiger partial charge in [0, 0.05) is 6.04 Å². The zero-order chi connectivity index (χ0) is 14.8. The zero-order valence-electron chi connectivity index (χ0n) is 12.8. The highest BCUT2D eigenvalue weighted by Gasteiger charge is 2.34. The number of amides is 1. The van der Waals surface area contributed by atoms with Crippen molar-refractivity contribution >= 4 is 24.0 Å². The molecule has 1 rings (SSSR count). The fourth-order valence-electron chi connectivity index (χ4n) is 2.05. The van der Waals surface area contributed by atoms with Crippen LogP contribution in [0.25, 0.3) is 0 Å². The summed E-state index contributed by atoms with van der Waals surface area (Å²) in [6.07, 6.45) is 3.66. The second-order valence-corrected chi connectivity index (χ2v) is 5.85. The van der Waals surface area contributed by atoms with E-state index in [4.69, 9.17) is 0 Å². The van der Waals surface area contributed by atoms with E-state index >= 15 is 0 Å². The lowest BCUT2D eigenvalue weighted by Crippen LogP contribution is -2.37. The van der Waals surface area contributed by atoms with Crippen LogP contribution in [0.2, 0.25) is 0 Å². The lowest BCUT2D eigenvalue weighted by Gasteiger charge is -2.24. The number of hydrogen-bond donors (Lipinski definition) is 1.